The maximum Gasteiger partial charge on any atom is 3.00 e. The van der Waals surface area contributed by atoms with Crippen LogP contribution in [0.1, 0.15) is 0 Å². The number of nitrogens with two attached hydrogens (primary N) is 1. The Morgan fingerprint density at radius 1 is 1.00 bits per heavy atom. The topological polar surface area (TPSA) is 44.5 Å². The summed E-state index contributed by atoms with van der Waals surface area (Å²) in [5.74, 6) is 0. The molecule has 0 aromatic heterocycles. The number of rotatable bonds is 2. The van der Waals surface area contributed by atoms with E-state index >= 15 is 0 Å². The van der Waals surface area contributed by atoms with Gasteiger partial charge in [0.05, 0.1) is 0 Å². The maximum absolute atomic E-state index is 5.09. The molecule has 0 aliphatic heterocycles. The minimum Gasteiger partial charge on any atom is -1.00 e. The Balaban J connectivity index is -0.0000000208. The maximum atomic E-state index is 5.09. The molecule has 10 heavy (non-hydrogen) atoms. The molecule has 2 N–H and O–H groups in total. The van der Waals surface area contributed by atoms with E-state index in [4.69, 9.17) is 5.50 Å². The van der Waals surface area contributed by atoms with E-state index in [0.717, 1.165) is 0 Å². The van der Waals surface area contributed by atoms with Gasteiger partial charge in [-0.3, -0.25) is 5.50 Å². The van der Waals surface area contributed by atoms with Gasteiger partial charge in [0.1, 0.15) is 0 Å². The molecule has 0 aliphatic rings. The van der Waals surface area contributed by atoms with E-state index in [9.17, 15) is 0 Å². The molecule has 0 atom stereocenters. The quantitative estimate of drug-likeness (QED) is 0.386. The Hall–Kier alpha value is 1.71. The summed E-state index contributed by atoms with van der Waals surface area (Å²) in [6.45, 7) is 0. The van der Waals surface area contributed by atoms with Crippen molar-refractivity contribution in [1.29, 1.82) is 0 Å². The largest absolute Gasteiger partial charge is 3.00 e. The molecule has 62 valence electrons. The number of halogens is 3. The summed E-state index contributed by atoms with van der Waals surface area (Å²) in [5, 5.41) is 0. The van der Waals surface area contributed by atoms with Gasteiger partial charge in [0.25, 0.3) is 8.53 Å². The Morgan fingerprint density at radius 3 is 1.20 bits per heavy atom. The molecule has 0 unspecified atom stereocenters. The van der Waals surface area contributed by atoms with Crippen LogP contribution in [0.5, 0.6) is 0 Å². The minimum atomic E-state index is -1.08. The molecule has 8 heteroatoms. The normalized spacial score (nSPS) is 6.00. The van der Waals surface area contributed by atoms with Crippen molar-refractivity contribution in [2.75, 3.05) is 14.2 Å². The fraction of sp³-hybridized carbons (Fsp3) is 1.00. The van der Waals surface area contributed by atoms with Gasteiger partial charge in [0.15, 0.2) is 0 Å². The van der Waals surface area contributed by atoms with Gasteiger partial charge >= 0.3 is 17.4 Å². The van der Waals surface area contributed by atoms with Crippen LogP contribution < -0.4 is 42.7 Å². The molecule has 3 nitrogen and oxygen atoms in total. The molecule has 0 rings (SSSR count). The van der Waals surface area contributed by atoms with Gasteiger partial charge in [-0.15, -0.1) is 0 Å². The van der Waals surface area contributed by atoms with Gasteiger partial charge in [0, 0.05) is 14.2 Å². The molecule has 0 aromatic rings. The van der Waals surface area contributed by atoms with Crippen LogP contribution in [-0.4, -0.2) is 31.6 Å². The molecule has 0 bridgehead atoms. The predicted molar refractivity (Wildman–Crippen MR) is 30.9 cm³/mol. The van der Waals surface area contributed by atoms with Crippen LogP contribution in [0.3, 0.4) is 0 Å². The molecule has 0 heterocycles. The molecule has 0 aromatic carbocycles. The summed E-state index contributed by atoms with van der Waals surface area (Å²) in [4.78, 5) is 0. The van der Waals surface area contributed by atoms with Crippen molar-refractivity contribution >= 4 is 25.9 Å². The Bertz CT molecular complexity index is 43.7. The monoisotopic (exact) mass is 241 g/mol. The van der Waals surface area contributed by atoms with Crippen LogP contribution in [0.4, 0.5) is 0 Å². The van der Waals surface area contributed by atoms with Crippen molar-refractivity contribution in [1.82, 2.24) is 0 Å². The third-order valence-electron chi connectivity index (χ3n) is 0.360. The van der Waals surface area contributed by atoms with Crippen molar-refractivity contribution in [3.63, 3.8) is 0 Å². The standard InChI is InChI=1S/C2H8NO2P.Al.3ClH/c1-4-6(3)5-2;;;;/h3H2,1-2H3;;3*1H/q;+3;;;/p-3. The van der Waals surface area contributed by atoms with Crippen LogP contribution in [-0.2, 0) is 9.05 Å². The smallest absolute Gasteiger partial charge is 1.00 e. The molecule has 0 spiro atoms. The molecule has 0 radical (unpaired) electrons. The van der Waals surface area contributed by atoms with Crippen molar-refractivity contribution in [2.24, 2.45) is 5.50 Å². The van der Waals surface area contributed by atoms with E-state index < -0.39 is 8.53 Å². The number of hydrogen-bond acceptors (Lipinski definition) is 3. The van der Waals surface area contributed by atoms with E-state index in [1.54, 1.807) is 0 Å². The van der Waals surface area contributed by atoms with E-state index in [1.165, 1.54) is 14.2 Å². The fourth-order valence-electron chi connectivity index (χ4n) is 0.0745. The average Bonchev–Trinajstić information content (AvgIpc) is 1.65. The summed E-state index contributed by atoms with van der Waals surface area (Å²) >= 11 is 0. The van der Waals surface area contributed by atoms with Crippen LogP contribution in [0.2, 0.25) is 0 Å². The van der Waals surface area contributed by atoms with Gasteiger partial charge in [-0.05, 0) is 0 Å². The third-order valence-corrected chi connectivity index (χ3v) is 1.08. The van der Waals surface area contributed by atoms with Crippen LogP contribution in [0.25, 0.3) is 0 Å². The fourth-order valence-corrected chi connectivity index (χ4v) is 0.224. The van der Waals surface area contributed by atoms with E-state index in [-0.39, 0.29) is 54.6 Å². The molecular weight excluding hydrogens is 234 g/mol. The van der Waals surface area contributed by atoms with Crippen LogP contribution in [0, 0.1) is 0 Å². The summed E-state index contributed by atoms with van der Waals surface area (Å²) in [5.41, 5.74) is 5.09. The zero-order valence-corrected chi connectivity index (χ0v) is 9.87. The zero-order valence-electron chi connectivity index (χ0n) is 5.55. The average molecular weight is 242 g/mol. The Kier molecular flexibility index (Phi) is 66.9. The second-order valence-corrected chi connectivity index (χ2v) is 1.95. The van der Waals surface area contributed by atoms with E-state index in [1.807, 2.05) is 0 Å². The second kappa shape index (κ2) is 22.4. The van der Waals surface area contributed by atoms with Gasteiger partial charge in [-0.2, -0.15) is 0 Å². The van der Waals surface area contributed by atoms with Gasteiger partial charge < -0.3 is 46.3 Å². The van der Waals surface area contributed by atoms with Crippen LogP contribution >= 0.6 is 8.53 Å². The molecule has 0 amide bonds. The van der Waals surface area contributed by atoms with E-state index in [0.29, 0.717) is 0 Å². The first-order valence-corrected chi connectivity index (χ1v) is 2.69. The summed E-state index contributed by atoms with van der Waals surface area (Å²) in [6, 6.07) is 0. The Morgan fingerprint density at radius 2 is 1.20 bits per heavy atom. The summed E-state index contributed by atoms with van der Waals surface area (Å²) < 4.78 is 9.04. The minimum absolute atomic E-state index is 0. The van der Waals surface area contributed by atoms with Crippen molar-refractivity contribution in [2.45, 2.75) is 0 Å². The number of hydrogen-bond donors (Lipinski definition) is 1. The zero-order chi connectivity index (χ0) is 4.99. The first-order valence-electron chi connectivity index (χ1n) is 1.44. The third kappa shape index (κ3) is 22.6. The SMILES string of the molecule is COP(N)OC.[Al+3].[Cl-].[Cl-].[Cl-]. The first kappa shape index (κ1) is 29.8. The molecule has 0 saturated carbocycles. The molecule has 0 fully saturated rings. The van der Waals surface area contributed by atoms with Crippen molar-refractivity contribution in [3.8, 4) is 0 Å². The predicted octanol–water partition coefficient (Wildman–Crippen LogP) is -8.90. The van der Waals surface area contributed by atoms with Gasteiger partial charge in [0.2, 0.25) is 0 Å². The van der Waals surface area contributed by atoms with Crippen LogP contribution in [0.15, 0.2) is 0 Å². The first-order chi connectivity index (χ1) is 2.81. The molecule has 0 saturated heterocycles. The summed E-state index contributed by atoms with van der Waals surface area (Å²) in [7, 11) is 1.94. The summed E-state index contributed by atoms with van der Waals surface area (Å²) in [6.07, 6.45) is 0. The Labute approximate surface area is 91.7 Å². The van der Waals surface area contributed by atoms with Gasteiger partial charge in [-0.1, -0.05) is 0 Å². The second-order valence-electron chi connectivity index (χ2n) is 0.651. The molecule has 0 aliphatic carbocycles. The van der Waals surface area contributed by atoms with Crippen molar-refractivity contribution in [3.05, 3.63) is 0 Å². The van der Waals surface area contributed by atoms with Gasteiger partial charge in [-0.25, -0.2) is 0 Å². The van der Waals surface area contributed by atoms with Crippen molar-refractivity contribution < 1.29 is 46.3 Å². The van der Waals surface area contributed by atoms with E-state index in [2.05, 4.69) is 9.05 Å². The molecular formula is C2H8AlCl3NO2P.